The van der Waals surface area contributed by atoms with Gasteiger partial charge in [0.2, 0.25) is 0 Å². The van der Waals surface area contributed by atoms with Gasteiger partial charge in [-0.05, 0) is 101 Å². The first-order valence-corrected chi connectivity index (χ1v) is 32.0. The summed E-state index contributed by atoms with van der Waals surface area (Å²) in [7, 11) is 1.09. The van der Waals surface area contributed by atoms with Gasteiger partial charge in [-0.3, -0.25) is 0 Å². The third-order valence-corrected chi connectivity index (χ3v) is 17.7. The van der Waals surface area contributed by atoms with Crippen molar-refractivity contribution in [1.29, 1.82) is 0 Å². The fourth-order valence-corrected chi connectivity index (χ4v) is 10.0. The molecule has 117 heavy (non-hydrogen) atoms. The summed E-state index contributed by atoms with van der Waals surface area (Å²) in [5, 5.41) is 0. The predicted octanol–water partition coefficient (Wildman–Crippen LogP) is 24.2. The second-order valence-electron chi connectivity index (χ2n) is 26.6. The predicted molar refractivity (Wildman–Crippen MR) is 334 cm³/mol. The minimum atomic E-state index is -8.75. The summed E-state index contributed by atoms with van der Waals surface area (Å²) in [6, 6.07) is 36.8. The summed E-state index contributed by atoms with van der Waals surface area (Å²) in [6.07, 6.45) is -27.7. The van der Waals surface area contributed by atoms with Crippen LogP contribution in [-0.4, -0.2) is 140 Å². The normalized spacial score (nSPS) is 14.0. The minimum absolute atomic E-state index is 0.102. The van der Waals surface area contributed by atoms with Crippen LogP contribution in [-0.2, 0) is 30.5 Å². The van der Waals surface area contributed by atoms with Crippen molar-refractivity contribution in [1.82, 2.24) is 0 Å². The number of benzene rings is 6. The van der Waals surface area contributed by atoms with Crippen LogP contribution in [0.1, 0.15) is 93.3 Å². The zero-order valence-electron chi connectivity index (χ0n) is 59.9. The molecule has 12 nitrogen and oxygen atoms in total. The Hall–Kier alpha value is -9.98. The maximum Gasteiger partial charge on any atom is 0.519 e. The van der Waals surface area contributed by atoms with Crippen molar-refractivity contribution in [2.24, 2.45) is 0 Å². The second kappa shape index (κ2) is 33.1. The Balaban J connectivity index is 0.000000432. The minimum Gasteiger partial charge on any atom is -0.437 e. The molecule has 0 fully saturated rings. The molecule has 0 bridgehead atoms. The lowest BCUT2D eigenvalue weighted by molar-refractivity contribution is -0.461. The first-order valence-electron chi connectivity index (χ1n) is 32.0. The highest BCUT2D eigenvalue weighted by molar-refractivity contribution is 5.68. The Bertz CT molecular complexity index is 4410. The summed E-state index contributed by atoms with van der Waals surface area (Å²) >= 11 is 0. The molecule has 6 aromatic rings. The van der Waals surface area contributed by atoms with Gasteiger partial charge in [0.05, 0.1) is 20.0 Å². The van der Waals surface area contributed by atoms with Crippen molar-refractivity contribution in [2.75, 3.05) is 20.3 Å². The third kappa shape index (κ3) is 18.6. The van der Waals surface area contributed by atoms with E-state index >= 15 is 0 Å². The summed E-state index contributed by atoms with van der Waals surface area (Å²) in [4.78, 5) is 47.6. The first kappa shape index (κ1) is 97.6. The van der Waals surface area contributed by atoms with E-state index < -0.39 is 168 Å². The highest BCUT2D eigenvalue weighted by Gasteiger charge is 2.97. The van der Waals surface area contributed by atoms with Crippen molar-refractivity contribution in [3.8, 4) is 28.7 Å². The lowest BCUT2D eigenvalue weighted by atomic mass is 9.78. The zero-order chi connectivity index (χ0) is 90.2. The molecule has 0 N–H and O–H groups in total. The SMILES string of the molecule is COC(=O)Oc1ccc(C(C)(C)c2ccc(OC(=O)OCCC(F)(F)C(F)(F)C(F)(F)C(F)(F)C(F)(F)C(F)(F)C(F)(F)C(F)(F)F)cc2)cc1.Cc1ccc(C(C)(C)c2ccc(OC(=O)Oc3ccc(C(C)(C)c4ccc(OC(=O)OCCC(F)(F)C(F)(F)C(F)(F)C(F)(F)C(F)(F)C(F)(F)C(F)(F)C(F)(F)F)cc4)cc3)cc2)cc1. The molecule has 0 aromatic heterocycles. The monoisotopic (exact) mass is 1750 g/mol. The molecule has 650 valence electrons. The van der Waals surface area contributed by atoms with E-state index in [1.807, 2.05) is 43.3 Å². The van der Waals surface area contributed by atoms with E-state index in [0.717, 1.165) is 48.1 Å². The third-order valence-electron chi connectivity index (χ3n) is 17.7. The highest BCUT2D eigenvalue weighted by atomic mass is 19.4. The Morgan fingerprint density at radius 3 is 0.607 bits per heavy atom. The molecular weight excluding hydrogens is 1690 g/mol. The number of carbonyl (C=O) groups is 4. The Labute approximate surface area is 636 Å². The van der Waals surface area contributed by atoms with Crippen LogP contribution in [0.5, 0.6) is 28.7 Å². The Morgan fingerprint density at radius 1 is 0.239 bits per heavy atom. The summed E-state index contributed by atoms with van der Waals surface area (Å²) in [6.45, 7) is 8.66. The average Bonchev–Trinajstić information content (AvgIpc) is 0.699. The maximum atomic E-state index is 14.2. The smallest absolute Gasteiger partial charge is 0.437 e. The second-order valence-corrected chi connectivity index (χ2v) is 26.6. The molecule has 0 aliphatic carbocycles. The van der Waals surface area contributed by atoms with Crippen molar-refractivity contribution >= 4 is 24.6 Å². The Kier molecular flexibility index (Phi) is 27.6. The van der Waals surface area contributed by atoms with Gasteiger partial charge in [0, 0.05) is 16.2 Å². The number of carbonyl (C=O) groups excluding carboxylic acids is 4. The quantitative estimate of drug-likeness (QED) is 0.0191. The number of aryl methyl sites for hydroxylation is 1. The lowest BCUT2D eigenvalue weighted by Crippen LogP contribution is -2.74. The van der Waals surface area contributed by atoms with Crippen LogP contribution >= 0.6 is 0 Å². The zero-order valence-corrected chi connectivity index (χ0v) is 59.9. The largest absolute Gasteiger partial charge is 0.519 e. The molecule has 0 aliphatic rings. The van der Waals surface area contributed by atoms with Crippen molar-refractivity contribution in [3.63, 3.8) is 0 Å². The number of hydrogen-bond acceptors (Lipinski definition) is 12. The van der Waals surface area contributed by atoms with Crippen molar-refractivity contribution in [2.45, 2.75) is 173 Å². The molecule has 0 atom stereocenters. The van der Waals surface area contributed by atoms with Gasteiger partial charge in [-0.15, -0.1) is 0 Å². The molecule has 46 heteroatoms. The molecular formula is C71H56F34O12. The molecule has 0 saturated carbocycles. The lowest BCUT2D eigenvalue weighted by Gasteiger charge is -2.42. The number of halogens is 34. The molecule has 0 saturated heterocycles. The van der Waals surface area contributed by atoms with Crippen LogP contribution in [0.25, 0.3) is 0 Å². The van der Waals surface area contributed by atoms with Crippen LogP contribution in [0.3, 0.4) is 0 Å². The number of ether oxygens (including phenoxy) is 8. The fraction of sp³-hybridized carbons (Fsp3) is 0.437. The van der Waals surface area contributed by atoms with E-state index in [4.69, 9.17) is 14.2 Å². The molecule has 0 heterocycles. The van der Waals surface area contributed by atoms with Crippen LogP contribution in [0, 0.1) is 6.92 Å². The number of methoxy groups -OCH3 is 1. The van der Waals surface area contributed by atoms with E-state index in [1.165, 1.54) is 48.5 Å². The van der Waals surface area contributed by atoms with Gasteiger partial charge < -0.3 is 37.9 Å². The molecule has 6 aromatic carbocycles. The highest BCUT2D eigenvalue weighted by Crippen LogP contribution is 2.67. The number of rotatable bonds is 29. The first-order chi connectivity index (χ1) is 52.6. The van der Waals surface area contributed by atoms with E-state index in [1.54, 1.807) is 64.1 Å². The Morgan fingerprint density at radius 2 is 0.410 bits per heavy atom. The standard InChI is InChI=1S/C43H35F17O6.C28H21F17O6/c1-24-6-8-25(9-7-24)34(2,3)26-12-18-30(19-13-26)65-33(62)66-31-20-14-28(15-21-31)35(4,5)27-10-16-29(17-11-27)64-32(61)63-23-22-36(44,45)37(46,47)38(48,49)39(50,51)40(52,53)41(54,55)42(56,57)43(58,59)60;1-20(2,14-4-8-16(9-5-14)50-18(46)48-3)15-6-10-17(11-7-15)51-19(47)49-13-12-21(29,30)22(31,32)23(33,34)24(35,36)25(37,38)26(39,40)27(41,42)28(43,44)45/h6-21H,22-23H2,1-5H3;4-11H,12-13H2,1-3H3. The molecule has 0 aliphatic heterocycles. The van der Waals surface area contributed by atoms with Gasteiger partial charge >= 0.3 is 120 Å². The van der Waals surface area contributed by atoms with Gasteiger partial charge in [-0.2, -0.15) is 149 Å². The van der Waals surface area contributed by atoms with Gasteiger partial charge in [0.25, 0.3) is 0 Å². The van der Waals surface area contributed by atoms with Crippen LogP contribution in [0.15, 0.2) is 146 Å². The maximum absolute atomic E-state index is 14.2. The van der Waals surface area contributed by atoms with E-state index in [0.29, 0.717) is 22.3 Å². The van der Waals surface area contributed by atoms with Gasteiger partial charge in [0.1, 0.15) is 42.0 Å². The molecule has 0 amide bonds. The van der Waals surface area contributed by atoms with Crippen molar-refractivity contribution < 1.29 is 206 Å². The van der Waals surface area contributed by atoms with Crippen LogP contribution in [0.4, 0.5) is 168 Å². The molecule has 0 radical (unpaired) electrons. The van der Waals surface area contributed by atoms with Crippen LogP contribution < -0.4 is 23.7 Å². The molecule has 0 spiro atoms. The number of hydrogen-bond donors (Lipinski definition) is 0. The van der Waals surface area contributed by atoms with Gasteiger partial charge in [-0.25, -0.2) is 19.2 Å². The summed E-state index contributed by atoms with van der Waals surface area (Å²) in [5.41, 5.74) is 3.48. The van der Waals surface area contributed by atoms with Gasteiger partial charge in [0.15, 0.2) is 0 Å². The topological polar surface area (TPSA) is 142 Å². The molecule has 6 rings (SSSR count). The van der Waals surface area contributed by atoms with Crippen LogP contribution in [0.2, 0.25) is 0 Å². The molecule has 0 unspecified atom stereocenters. The van der Waals surface area contributed by atoms with E-state index in [9.17, 15) is 168 Å². The van der Waals surface area contributed by atoms with Crippen molar-refractivity contribution in [3.05, 3.63) is 185 Å². The average molecular weight is 1750 g/mol. The van der Waals surface area contributed by atoms with E-state index in [-0.39, 0.29) is 22.7 Å². The summed E-state index contributed by atoms with van der Waals surface area (Å²) in [5.74, 6) is -115. The number of alkyl halides is 34. The summed E-state index contributed by atoms with van der Waals surface area (Å²) < 4.78 is 494. The van der Waals surface area contributed by atoms with Gasteiger partial charge in [-0.1, -0.05) is 132 Å². The van der Waals surface area contributed by atoms with E-state index in [2.05, 4.69) is 37.5 Å². The fourth-order valence-electron chi connectivity index (χ4n) is 10.0.